The van der Waals surface area contributed by atoms with Crippen molar-refractivity contribution in [2.24, 2.45) is 5.73 Å². The largest absolute Gasteiger partial charge is 0.440 e. The number of oxazole rings is 1. The molecule has 1 unspecified atom stereocenters. The molecule has 1 saturated carbocycles. The first kappa shape index (κ1) is 16.7. The first-order chi connectivity index (χ1) is 10.2. The molecule has 120 valence electrons. The molecule has 2 aromatic rings. The van der Waals surface area contributed by atoms with Crippen LogP contribution in [0.4, 0.5) is 5.69 Å². The van der Waals surface area contributed by atoms with Crippen LogP contribution in [0, 0.1) is 0 Å². The lowest BCUT2D eigenvalue weighted by atomic mass is 10.2. The number of aromatic nitrogens is 1. The third-order valence-corrected chi connectivity index (χ3v) is 3.62. The molecule has 1 aliphatic rings. The van der Waals surface area contributed by atoms with Crippen LogP contribution in [-0.4, -0.2) is 30.6 Å². The van der Waals surface area contributed by atoms with Crippen LogP contribution in [-0.2, 0) is 9.53 Å². The van der Waals surface area contributed by atoms with E-state index in [2.05, 4.69) is 10.3 Å². The van der Waals surface area contributed by atoms with Gasteiger partial charge in [-0.1, -0.05) is 0 Å². The molecule has 1 fully saturated rings. The molecule has 1 aliphatic carbocycles. The van der Waals surface area contributed by atoms with Crippen LogP contribution >= 0.6 is 12.4 Å². The maximum Gasteiger partial charge on any atom is 0.227 e. The summed E-state index contributed by atoms with van der Waals surface area (Å²) in [4.78, 5) is 16.4. The number of nitrogens with two attached hydrogens (primary N) is 1. The summed E-state index contributed by atoms with van der Waals surface area (Å²) in [6.45, 7) is 0.315. The highest BCUT2D eigenvalue weighted by Gasteiger charge is 2.28. The van der Waals surface area contributed by atoms with E-state index in [0.29, 0.717) is 23.7 Å². The van der Waals surface area contributed by atoms with Crippen molar-refractivity contribution < 1.29 is 13.9 Å². The number of halogens is 1. The van der Waals surface area contributed by atoms with Gasteiger partial charge in [0.25, 0.3) is 0 Å². The average Bonchev–Trinajstić information content (AvgIpc) is 3.24. The molecule has 3 N–H and O–H groups in total. The first-order valence-electron chi connectivity index (χ1n) is 7.13. The van der Waals surface area contributed by atoms with Crippen molar-refractivity contribution >= 4 is 35.1 Å². The minimum Gasteiger partial charge on any atom is -0.440 e. The molecule has 0 radical (unpaired) electrons. The molecular weight excluding hydrogens is 306 g/mol. The van der Waals surface area contributed by atoms with Crippen molar-refractivity contribution in [3.05, 3.63) is 24.1 Å². The number of carbonyl (C=O) groups is 1. The fraction of sp³-hybridized carbons (Fsp3) is 0.467. The molecule has 1 amide bonds. The second-order valence-electron chi connectivity index (χ2n) is 5.35. The van der Waals surface area contributed by atoms with Gasteiger partial charge in [-0.25, -0.2) is 4.98 Å². The lowest BCUT2D eigenvalue weighted by Gasteiger charge is -2.12. The smallest absolute Gasteiger partial charge is 0.227 e. The number of carbonyl (C=O) groups excluding carboxylic acids is 1. The van der Waals surface area contributed by atoms with Gasteiger partial charge in [-0.2, -0.15) is 0 Å². The predicted octanol–water partition coefficient (Wildman–Crippen LogP) is 2.43. The number of hydrogen-bond donors (Lipinski definition) is 2. The molecule has 1 heterocycles. The van der Waals surface area contributed by atoms with Crippen molar-refractivity contribution in [1.29, 1.82) is 0 Å². The summed E-state index contributed by atoms with van der Waals surface area (Å²) in [6, 6.07) is 5.48. The summed E-state index contributed by atoms with van der Waals surface area (Å²) in [6.07, 6.45) is 2.26. The van der Waals surface area contributed by atoms with Gasteiger partial charge in [0.05, 0.1) is 12.5 Å². The zero-order valence-corrected chi connectivity index (χ0v) is 13.2. The van der Waals surface area contributed by atoms with Gasteiger partial charge in [-0.15, -0.1) is 12.4 Å². The second kappa shape index (κ2) is 7.09. The van der Waals surface area contributed by atoms with E-state index in [0.717, 1.165) is 24.2 Å². The molecule has 0 spiro atoms. The number of hydrogen-bond acceptors (Lipinski definition) is 5. The summed E-state index contributed by atoms with van der Waals surface area (Å²) < 4.78 is 10.8. The number of methoxy groups -OCH3 is 1. The molecule has 0 saturated heterocycles. The summed E-state index contributed by atoms with van der Waals surface area (Å²) in [5, 5.41) is 2.83. The van der Waals surface area contributed by atoms with E-state index in [4.69, 9.17) is 14.9 Å². The van der Waals surface area contributed by atoms with Crippen molar-refractivity contribution in [1.82, 2.24) is 4.98 Å². The number of nitrogens with one attached hydrogen (secondary N) is 1. The van der Waals surface area contributed by atoms with E-state index in [1.54, 1.807) is 13.2 Å². The van der Waals surface area contributed by atoms with Gasteiger partial charge >= 0.3 is 0 Å². The van der Waals surface area contributed by atoms with Crippen molar-refractivity contribution in [2.45, 2.75) is 31.3 Å². The van der Waals surface area contributed by atoms with E-state index in [9.17, 15) is 4.79 Å². The van der Waals surface area contributed by atoms with Crippen LogP contribution in [0.1, 0.15) is 31.1 Å². The maximum atomic E-state index is 11.9. The normalized spacial score (nSPS) is 15.4. The standard InChI is InChI=1S/C15H19N3O3.ClH/c1-20-11(8-16)7-14(19)17-10-4-5-12-13(6-10)21-15(18-12)9-2-3-9;/h4-6,9,11H,2-3,7-8,16H2,1H3,(H,17,19);1H. The van der Waals surface area contributed by atoms with Gasteiger partial charge in [0.2, 0.25) is 5.91 Å². The number of anilines is 1. The van der Waals surface area contributed by atoms with Gasteiger partial charge in [0.1, 0.15) is 5.52 Å². The van der Waals surface area contributed by atoms with Crippen LogP contribution in [0.2, 0.25) is 0 Å². The summed E-state index contributed by atoms with van der Waals surface area (Å²) in [5.74, 6) is 1.15. The highest BCUT2D eigenvalue weighted by atomic mass is 35.5. The van der Waals surface area contributed by atoms with Crippen molar-refractivity contribution in [3.63, 3.8) is 0 Å². The molecular formula is C15H20ClN3O3. The summed E-state index contributed by atoms with van der Waals surface area (Å²) in [7, 11) is 1.55. The molecule has 1 aromatic heterocycles. The fourth-order valence-electron chi connectivity index (χ4n) is 2.21. The molecule has 1 aromatic carbocycles. The zero-order chi connectivity index (χ0) is 14.8. The lowest BCUT2D eigenvalue weighted by Crippen LogP contribution is -2.28. The van der Waals surface area contributed by atoms with E-state index in [1.165, 1.54) is 0 Å². The molecule has 6 nitrogen and oxygen atoms in total. The summed E-state index contributed by atoms with van der Waals surface area (Å²) >= 11 is 0. The number of rotatable bonds is 6. The first-order valence-corrected chi connectivity index (χ1v) is 7.13. The Balaban J connectivity index is 0.00000176. The van der Waals surface area contributed by atoms with Crippen LogP contribution in [0.15, 0.2) is 22.6 Å². The van der Waals surface area contributed by atoms with Crippen LogP contribution in [0.25, 0.3) is 11.1 Å². The predicted molar refractivity (Wildman–Crippen MR) is 86.3 cm³/mol. The number of amides is 1. The van der Waals surface area contributed by atoms with Crippen LogP contribution in [0.5, 0.6) is 0 Å². The number of benzene rings is 1. The van der Waals surface area contributed by atoms with Crippen LogP contribution in [0.3, 0.4) is 0 Å². The average molecular weight is 326 g/mol. The van der Waals surface area contributed by atoms with E-state index >= 15 is 0 Å². The van der Waals surface area contributed by atoms with Gasteiger partial charge < -0.3 is 20.2 Å². The van der Waals surface area contributed by atoms with E-state index < -0.39 is 0 Å². The quantitative estimate of drug-likeness (QED) is 0.851. The van der Waals surface area contributed by atoms with E-state index in [-0.39, 0.29) is 30.8 Å². The monoisotopic (exact) mass is 325 g/mol. The Bertz CT molecular complexity index is 651. The minimum absolute atomic E-state index is 0. The SMILES string of the molecule is COC(CN)CC(=O)Nc1ccc2nc(C3CC3)oc2c1.Cl. The fourth-order valence-corrected chi connectivity index (χ4v) is 2.21. The lowest BCUT2D eigenvalue weighted by molar-refractivity contribution is -0.118. The van der Waals surface area contributed by atoms with Gasteiger partial charge in [0.15, 0.2) is 11.5 Å². The second-order valence-corrected chi connectivity index (χ2v) is 5.35. The van der Waals surface area contributed by atoms with Gasteiger partial charge in [-0.05, 0) is 25.0 Å². The van der Waals surface area contributed by atoms with E-state index in [1.807, 2.05) is 12.1 Å². The molecule has 3 rings (SSSR count). The third kappa shape index (κ3) is 3.76. The highest BCUT2D eigenvalue weighted by molar-refractivity contribution is 5.93. The van der Waals surface area contributed by atoms with Gasteiger partial charge in [0, 0.05) is 31.3 Å². The van der Waals surface area contributed by atoms with Crippen molar-refractivity contribution in [3.8, 4) is 0 Å². The maximum absolute atomic E-state index is 11.9. The topological polar surface area (TPSA) is 90.4 Å². The molecule has 0 bridgehead atoms. The number of ether oxygens (including phenoxy) is 1. The Morgan fingerprint density at radius 3 is 2.95 bits per heavy atom. The number of fused-ring (bicyclic) bond motifs is 1. The molecule has 1 atom stereocenters. The molecule has 0 aliphatic heterocycles. The number of nitrogens with zero attached hydrogens (tertiary/aromatic N) is 1. The minimum atomic E-state index is -0.263. The Morgan fingerprint density at radius 2 is 2.32 bits per heavy atom. The molecule has 22 heavy (non-hydrogen) atoms. The third-order valence-electron chi connectivity index (χ3n) is 3.62. The zero-order valence-electron chi connectivity index (χ0n) is 12.4. The Hall–Kier alpha value is -1.63. The Kier molecular flexibility index (Phi) is 5.39. The summed E-state index contributed by atoms with van der Waals surface area (Å²) in [5.41, 5.74) is 7.73. The molecule has 7 heteroatoms. The Morgan fingerprint density at radius 1 is 1.55 bits per heavy atom. The van der Waals surface area contributed by atoms with Crippen molar-refractivity contribution in [2.75, 3.05) is 19.0 Å². The Labute approximate surface area is 134 Å². The van der Waals surface area contributed by atoms with Crippen LogP contribution < -0.4 is 11.1 Å². The van der Waals surface area contributed by atoms with Gasteiger partial charge in [-0.3, -0.25) is 4.79 Å². The highest BCUT2D eigenvalue weighted by Crippen LogP contribution is 2.40.